The standard InChI is InChI=1S/C21H17N5O/c1-27-16-11-9-15(10-12-16)19-13-20(26-21(22-19)23-24-25-26)18-8-4-6-14-5-2-3-7-17(14)18/h2-13,20H,1H3,(H,22,23,25)/t20-/m0/s1. The van der Waals surface area contributed by atoms with Crippen LogP contribution in [0.25, 0.3) is 16.5 Å². The van der Waals surface area contributed by atoms with E-state index in [-0.39, 0.29) is 6.04 Å². The molecule has 0 radical (unpaired) electrons. The van der Waals surface area contributed by atoms with Crippen LogP contribution in [0.3, 0.4) is 0 Å². The first-order valence-electron chi connectivity index (χ1n) is 8.72. The molecule has 5 rings (SSSR count). The van der Waals surface area contributed by atoms with E-state index in [0.29, 0.717) is 5.95 Å². The predicted octanol–water partition coefficient (Wildman–Crippen LogP) is 3.89. The Morgan fingerprint density at radius 2 is 1.78 bits per heavy atom. The van der Waals surface area contributed by atoms with Gasteiger partial charge in [0.05, 0.1) is 7.11 Å². The van der Waals surface area contributed by atoms with Gasteiger partial charge in [0.1, 0.15) is 11.8 Å². The average Bonchev–Trinajstić information content (AvgIpc) is 3.21. The molecule has 0 amide bonds. The molecule has 0 spiro atoms. The summed E-state index contributed by atoms with van der Waals surface area (Å²) in [7, 11) is 1.66. The minimum absolute atomic E-state index is 0.0977. The molecule has 1 atom stereocenters. The highest BCUT2D eigenvalue weighted by Crippen LogP contribution is 2.35. The van der Waals surface area contributed by atoms with E-state index in [1.807, 2.05) is 28.9 Å². The van der Waals surface area contributed by atoms with Gasteiger partial charge < -0.3 is 10.1 Å². The molecule has 1 N–H and O–H groups in total. The SMILES string of the molecule is COc1ccc(C2=C[C@@H](c3cccc4ccccc34)n3nnnc3N2)cc1. The highest BCUT2D eigenvalue weighted by molar-refractivity contribution is 5.87. The van der Waals surface area contributed by atoms with Crippen LogP contribution in [0.4, 0.5) is 5.95 Å². The Morgan fingerprint density at radius 3 is 2.63 bits per heavy atom. The molecule has 0 aliphatic carbocycles. The Morgan fingerprint density at radius 1 is 0.963 bits per heavy atom. The number of tetrazole rings is 1. The summed E-state index contributed by atoms with van der Waals surface area (Å²) in [6.45, 7) is 0. The number of allylic oxidation sites excluding steroid dienone is 1. The molecule has 0 unspecified atom stereocenters. The molecule has 1 aliphatic rings. The van der Waals surface area contributed by atoms with E-state index in [1.54, 1.807) is 7.11 Å². The van der Waals surface area contributed by atoms with Gasteiger partial charge in [-0.25, -0.2) is 0 Å². The van der Waals surface area contributed by atoms with Crippen molar-refractivity contribution in [3.63, 3.8) is 0 Å². The van der Waals surface area contributed by atoms with Crippen LogP contribution in [0.5, 0.6) is 5.75 Å². The number of hydrogen-bond acceptors (Lipinski definition) is 5. The van der Waals surface area contributed by atoms with Gasteiger partial charge in [0, 0.05) is 5.70 Å². The van der Waals surface area contributed by atoms with Crippen LogP contribution in [0.15, 0.2) is 72.8 Å². The van der Waals surface area contributed by atoms with E-state index in [0.717, 1.165) is 22.6 Å². The Kier molecular flexibility index (Phi) is 3.60. The maximum Gasteiger partial charge on any atom is 0.248 e. The highest BCUT2D eigenvalue weighted by atomic mass is 16.5. The zero-order valence-corrected chi connectivity index (χ0v) is 14.7. The van der Waals surface area contributed by atoms with Crippen LogP contribution in [0, 0.1) is 0 Å². The van der Waals surface area contributed by atoms with Gasteiger partial charge in [-0.1, -0.05) is 47.6 Å². The monoisotopic (exact) mass is 355 g/mol. The van der Waals surface area contributed by atoms with Crippen LogP contribution < -0.4 is 10.1 Å². The van der Waals surface area contributed by atoms with Crippen molar-refractivity contribution >= 4 is 22.4 Å². The summed E-state index contributed by atoms with van der Waals surface area (Å²) in [4.78, 5) is 0. The Labute approximate surface area is 156 Å². The number of nitrogens with one attached hydrogen (secondary N) is 1. The second kappa shape index (κ2) is 6.25. The first kappa shape index (κ1) is 15.6. The minimum atomic E-state index is -0.0977. The number of aromatic nitrogens is 4. The third kappa shape index (κ3) is 2.62. The second-order valence-corrected chi connectivity index (χ2v) is 6.39. The Bertz CT molecular complexity index is 1140. The van der Waals surface area contributed by atoms with Crippen molar-refractivity contribution in [2.75, 3.05) is 12.4 Å². The molecule has 4 aromatic rings. The van der Waals surface area contributed by atoms with E-state index in [2.05, 4.69) is 69.4 Å². The number of hydrogen-bond donors (Lipinski definition) is 1. The van der Waals surface area contributed by atoms with Crippen molar-refractivity contribution in [1.82, 2.24) is 20.2 Å². The van der Waals surface area contributed by atoms with Crippen molar-refractivity contribution in [3.05, 3.63) is 83.9 Å². The first-order valence-corrected chi connectivity index (χ1v) is 8.72. The minimum Gasteiger partial charge on any atom is -0.497 e. The summed E-state index contributed by atoms with van der Waals surface area (Å²) in [6.07, 6.45) is 2.16. The first-order chi connectivity index (χ1) is 13.3. The molecule has 27 heavy (non-hydrogen) atoms. The van der Waals surface area contributed by atoms with Gasteiger partial charge in [-0.2, -0.15) is 4.68 Å². The third-order valence-corrected chi connectivity index (χ3v) is 4.87. The van der Waals surface area contributed by atoms with Gasteiger partial charge in [0.25, 0.3) is 0 Å². The highest BCUT2D eigenvalue weighted by Gasteiger charge is 2.25. The van der Waals surface area contributed by atoms with Gasteiger partial charge in [-0.3, -0.25) is 0 Å². The largest absolute Gasteiger partial charge is 0.497 e. The van der Waals surface area contributed by atoms with Crippen molar-refractivity contribution < 1.29 is 4.74 Å². The molecule has 2 heterocycles. The van der Waals surface area contributed by atoms with E-state index in [9.17, 15) is 0 Å². The molecular weight excluding hydrogens is 338 g/mol. The fourth-order valence-corrected chi connectivity index (χ4v) is 3.52. The lowest BCUT2D eigenvalue weighted by atomic mass is 9.96. The number of ether oxygens (including phenoxy) is 1. The van der Waals surface area contributed by atoms with Crippen LogP contribution in [0.1, 0.15) is 17.2 Å². The van der Waals surface area contributed by atoms with Gasteiger partial charge in [-0.15, -0.1) is 0 Å². The van der Waals surface area contributed by atoms with Crippen molar-refractivity contribution in [3.8, 4) is 5.75 Å². The van der Waals surface area contributed by atoms with E-state index in [1.165, 1.54) is 10.8 Å². The summed E-state index contributed by atoms with van der Waals surface area (Å²) >= 11 is 0. The van der Waals surface area contributed by atoms with E-state index in [4.69, 9.17) is 4.74 Å². The number of fused-ring (bicyclic) bond motifs is 2. The molecule has 1 aromatic heterocycles. The normalized spacial score (nSPS) is 15.7. The number of anilines is 1. The van der Waals surface area contributed by atoms with Gasteiger partial charge >= 0.3 is 0 Å². The Balaban J connectivity index is 1.66. The molecule has 132 valence electrons. The van der Waals surface area contributed by atoms with Gasteiger partial charge in [0.2, 0.25) is 5.95 Å². The average molecular weight is 355 g/mol. The lowest BCUT2D eigenvalue weighted by Crippen LogP contribution is -2.20. The quantitative estimate of drug-likeness (QED) is 0.604. The van der Waals surface area contributed by atoms with Crippen molar-refractivity contribution in [2.45, 2.75) is 6.04 Å². The molecule has 6 nitrogen and oxygen atoms in total. The lowest BCUT2D eigenvalue weighted by molar-refractivity contribution is 0.415. The molecule has 6 heteroatoms. The smallest absolute Gasteiger partial charge is 0.248 e. The maximum atomic E-state index is 5.26. The van der Waals surface area contributed by atoms with Crippen molar-refractivity contribution in [1.29, 1.82) is 0 Å². The topological polar surface area (TPSA) is 64.9 Å². The number of benzene rings is 3. The fraction of sp³-hybridized carbons (Fsp3) is 0.0952. The second-order valence-electron chi connectivity index (χ2n) is 6.39. The van der Waals surface area contributed by atoms with E-state index < -0.39 is 0 Å². The lowest BCUT2D eigenvalue weighted by Gasteiger charge is -2.24. The summed E-state index contributed by atoms with van der Waals surface area (Å²) in [5, 5.41) is 17.9. The van der Waals surface area contributed by atoms with Crippen LogP contribution >= 0.6 is 0 Å². The molecule has 0 saturated carbocycles. The zero-order valence-electron chi connectivity index (χ0n) is 14.7. The zero-order chi connectivity index (χ0) is 18.2. The van der Waals surface area contributed by atoms with Crippen molar-refractivity contribution in [2.24, 2.45) is 0 Å². The van der Waals surface area contributed by atoms with Gasteiger partial charge in [-0.05, 0) is 62.7 Å². The molecule has 0 bridgehead atoms. The fourth-order valence-electron chi connectivity index (χ4n) is 3.52. The summed E-state index contributed by atoms with van der Waals surface area (Å²) < 4.78 is 7.08. The van der Waals surface area contributed by atoms with E-state index >= 15 is 0 Å². The van der Waals surface area contributed by atoms with Crippen LogP contribution in [0.2, 0.25) is 0 Å². The summed E-state index contributed by atoms with van der Waals surface area (Å²) in [5.41, 5.74) is 3.18. The number of methoxy groups -OCH3 is 1. The van der Waals surface area contributed by atoms with Crippen LogP contribution in [-0.4, -0.2) is 27.3 Å². The molecule has 1 aliphatic heterocycles. The maximum absolute atomic E-state index is 5.26. The summed E-state index contributed by atoms with van der Waals surface area (Å²) in [6, 6.07) is 22.5. The number of rotatable bonds is 3. The molecule has 0 fully saturated rings. The molecule has 0 saturated heterocycles. The predicted molar refractivity (Wildman–Crippen MR) is 104 cm³/mol. The molecular formula is C21H17N5O. The van der Waals surface area contributed by atoms with Gasteiger partial charge in [0.15, 0.2) is 0 Å². The number of nitrogens with zero attached hydrogens (tertiary/aromatic N) is 4. The Hall–Kier alpha value is -3.67. The third-order valence-electron chi connectivity index (χ3n) is 4.87. The molecule has 3 aromatic carbocycles. The summed E-state index contributed by atoms with van der Waals surface area (Å²) in [5.74, 6) is 1.45. The van der Waals surface area contributed by atoms with Crippen LogP contribution in [-0.2, 0) is 0 Å².